The number of benzene rings is 1. The fourth-order valence-corrected chi connectivity index (χ4v) is 3.64. The zero-order valence-corrected chi connectivity index (χ0v) is 16.5. The van der Waals surface area contributed by atoms with E-state index in [1.165, 1.54) is 0 Å². The van der Waals surface area contributed by atoms with Gasteiger partial charge >= 0.3 is 0 Å². The number of hydrogen-bond donors (Lipinski definition) is 0. The minimum atomic E-state index is 0.0123. The second-order valence-electron chi connectivity index (χ2n) is 7.12. The summed E-state index contributed by atoms with van der Waals surface area (Å²) in [5.74, 6) is 2.28. The van der Waals surface area contributed by atoms with Crippen LogP contribution in [0.2, 0.25) is 0 Å². The third-order valence-electron chi connectivity index (χ3n) is 5.16. The van der Waals surface area contributed by atoms with E-state index in [0.717, 1.165) is 22.7 Å². The minimum Gasteiger partial charge on any atom is -0.353 e. The van der Waals surface area contributed by atoms with E-state index >= 15 is 0 Å². The van der Waals surface area contributed by atoms with Gasteiger partial charge in [0.2, 0.25) is 0 Å². The van der Waals surface area contributed by atoms with Gasteiger partial charge in [0.25, 0.3) is 5.91 Å². The second-order valence-corrected chi connectivity index (χ2v) is 7.12. The summed E-state index contributed by atoms with van der Waals surface area (Å²) < 4.78 is 1.72. The number of carbonyl (C=O) groups excluding carboxylic acids is 1. The van der Waals surface area contributed by atoms with Crippen LogP contribution in [0.4, 0.5) is 5.82 Å². The van der Waals surface area contributed by atoms with Crippen LogP contribution in [-0.2, 0) is 0 Å². The van der Waals surface area contributed by atoms with Crippen LogP contribution < -0.4 is 4.90 Å². The maximum Gasteiger partial charge on any atom is 0.254 e. The fraction of sp³-hybridized carbons (Fsp3) is 0.238. The molecule has 150 valence electrons. The topological polar surface area (TPSA) is 92.9 Å². The summed E-state index contributed by atoms with van der Waals surface area (Å²) >= 11 is 0. The Labute approximate surface area is 173 Å². The quantitative estimate of drug-likeness (QED) is 0.518. The Morgan fingerprint density at radius 3 is 2.43 bits per heavy atom. The van der Waals surface area contributed by atoms with E-state index in [9.17, 15) is 4.79 Å². The van der Waals surface area contributed by atoms with Gasteiger partial charge in [0.15, 0.2) is 5.82 Å². The van der Waals surface area contributed by atoms with Crippen LogP contribution in [0.1, 0.15) is 16.2 Å². The van der Waals surface area contributed by atoms with Gasteiger partial charge in [-0.2, -0.15) is 5.10 Å². The Kier molecular flexibility index (Phi) is 4.55. The van der Waals surface area contributed by atoms with Crippen LogP contribution in [-0.4, -0.2) is 66.7 Å². The molecule has 1 amide bonds. The number of anilines is 1. The lowest BCUT2D eigenvalue weighted by Crippen LogP contribution is -2.49. The number of rotatable bonds is 3. The van der Waals surface area contributed by atoms with Crippen molar-refractivity contribution in [3.8, 4) is 5.82 Å². The summed E-state index contributed by atoms with van der Waals surface area (Å²) in [4.78, 5) is 34.6. The van der Waals surface area contributed by atoms with E-state index in [-0.39, 0.29) is 5.91 Å². The molecule has 0 aliphatic carbocycles. The lowest BCUT2D eigenvalue weighted by molar-refractivity contribution is 0.0746. The molecule has 1 saturated heterocycles. The highest BCUT2D eigenvalue weighted by Gasteiger charge is 2.24. The van der Waals surface area contributed by atoms with Crippen molar-refractivity contribution >= 4 is 22.8 Å². The number of amides is 1. The molecule has 1 fully saturated rings. The average Bonchev–Trinajstić information content (AvgIpc) is 3.33. The van der Waals surface area contributed by atoms with Gasteiger partial charge in [-0.05, 0) is 31.2 Å². The molecule has 0 atom stereocenters. The molecule has 9 heteroatoms. The van der Waals surface area contributed by atoms with Crippen LogP contribution in [0, 0.1) is 6.92 Å². The largest absolute Gasteiger partial charge is 0.353 e. The first-order valence-electron chi connectivity index (χ1n) is 9.78. The van der Waals surface area contributed by atoms with E-state index in [0.29, 0.717) is 37.6 Å². The molecule has 0 radical (unpaired) electrons. The van der Waals surface area contributed by atoms with Crippen LogP contribution in [0.15, 0.2) is 55.1 Å². The van der Waals surface area contributed by atoms with Gasteiger partial charge in [-0.1, -0.05) is 0 Å². The maximum absolute atomic E-state index is 13.0. The highest BCUT2D eigenvalue weighted by molar-refractivity contribution is 5.97. The molecule has 4 aromatic rings. The molecule has 0 spiro atoms. The van der Waals surface area contributed by atoms with Crippen LogP contribution >= 0.6 is 0 Å². The first kappa shape index (κ1) is 18.2. The van der Waals surface area contributed by atoms with Crippen molar-refractivity contribution < 1.29 is 4.79 Å². The Bertz CT molecular complexity index is 1200. The average molecular weight is 400 g/mol. The summed E-state index contributed by atoms with van der Waals surface area (Å²) in [6.07, 6.45) is 6.86. The van der Waals surface area contributed by atoms with E-state index < -0.39 is 0 Å². The van der Waals surface area contributed by atoms with Gasteiger partial charge in [0.1, 0.15) is 11.6 Å². The lowest BCUT2D eigenvalue weighted by Gasteiger charge is -2.35. The summed E-state index contributed by atoms with van der Waals surface area (Å²) in [6.45, 7) is 4.52. The van der Waals surface area contributed by atoms with Crippen molar-refractivity contribution in [1.82, 2.24) is 34.6 Å². The first-order chi connectivity index (χ1) is 14.7. The number of aromatic nitrogens is 6. The fourth-order valence-electron chi connectivity index (χ4n) is 3.64. The third-order valence-corrected chi connectivity index (χ3v) is 5.16. The Morgan fingerprint density at radius 2 is 1.67 bits per heavy atom. The van der Waals surface area contributed by atoms with Gasteiger partial charge in [-0.25, -0.2) is 14.6 Å². The molecular formula is C21H20N8O. The maximum atomic E-state index is 13.0. The Balaban J connectivity index is 1.31. The number of carbonyl (C=O) groups is 1. The molecule has 0 bridgehead atoms. The zero-order valence-electron chi connectivity index (χ0n) is 16.5. The smallest absolute Gasteiger partial charge is 0.254 e. The molecule has 1 aliphatic heterocycles. The normalized spacial score (nSPS) is 14.3. The predicted molar refractivity (Wildman–Crippen MR) is 112 cm³/mol. The van der Waals surface area contributed by atoms with E-state index in [1.54, 1.807) is 29.3 Å². The Morgan fingerprint density at radius 1 is 0.900 bits per heavy atom. The molecule has 0 N–H and O–H groups in total. The van der Waals surface area contributed by atoms with E-state index in [4.69, 9.17) is 0 Å². The molecule has 1 aromatic carbocycles. The van der Waals surface area contributed by atoms with Gasteiger partial charge in [0.05, 0.1) is 11.0 Å². The van der Waals surface area contributed by atoms with E-state index in [2.05, 4.69) is 29.9 Å². The van der Waals surface area contributed by atoms with Crippen molar-refractivity contribution in [2.24, 2.45) is 0 Å². The lowest BCUT2D eigenvalue weighted by atomic mass is 10.1. The van der Waals surface area contributed by atoms with Gasteiger partial charge < -0.3 is 9.80 Å². The predicted octanol–water partition coefficient (Wildman–Crippen LogP) is 1.88. The molecular weight excluding hydrogens is 380 g/mol. The van der Waals surface area contributed by atoms with Gasteiger partial charge in [-0.15, -0.1) is 0 Å². The van der Waals surface area contributed by atoms with E-state index in [1.807, 2.05) is 42.3 Å². The highest BCUT2D eigenvalue weighted by Crippen LogP contribution is 2.19. The van der Waals surface area contributed by atoms with Crippen molar-refractivity contribution in [2.45, 2.75) is 6.92 Å². The summed E-state index contributed by atoms with van der Waals surface area (Å²) in [7, 11) is 0. The Hall–Kier alpha value is -3.88. The molecule has 4 heterocycles. The standard InChI is InChI=1S/C21H20N8O/c1-15-25-19(14-20(26-15)29-8-2-5-24-29)27-9-11-28(12-10-27)21(30)16-3-4-17-18(13-16)23-7-6-22-17/h2-8,13-14H,9-12H2,1H3. The summed E-state index contributed by atoms with van der Waals surface area (Å²) in [5, 5.41) is 4.25. The van der Waals surface area contributed by atoms with Crippen LogP contribution in [0.5, 0.6) is 0 Å². The van der Waals surface area contributed by atoms with Crippen molar-refractivity contribution in [3.63, 3.8) is 0 Å². The van der Waals surface area contributed by atoms with Crippen molar-refractivity contribution in [2.75, 3.05) is 31.1 Å². The number of fused-ring (bicyclic) bond motifs is 1. The zero-order chi connectivity index (χ0) is 20.5. The van der Waals surface area contributed by atoms with Gasteiger partial charge in [0, 0.05) is 62.6 Å². The number of piperazine rings is 1. The highest BCUT2D eigenvalue weighted by atomic mass is 16.2. The number of aryl methyl sites for hydroxylation is 1. The molecule has 1 aliphatic rings. The number of hydrogen-bond acceptors (Lipinski definition) is 7. The van der Waals surface area contributed by atoms with Crippen LogP contribution in [0.25, 0.3) is 16.9 Å². The van der Waals surface area contributed by atoms with Gasteiger partial charge in [-0.3, -0.25) is 14.8 Å². The second kappa shape index (κ2) is 7.51. The molecule has 0 unspecified atom stereocenters. The van der Waals surface area contributed by atoms with Crippen molar-refractivity contribution in [3.05, 3.63) is 66.5 Å². The molecule has 5 rings (SSSR count). The summed E-state index contributed by atoms with van der Waals surface area (Å²) in [5.41, 5.74) is 2.14. The molecule has 30 heavy (non-hydrogen) atoms. The first-order valence-corrected chi connectivity index (χ1v) is 9.78. The molecule has 3 aromatic heterocycles. The summed E-state index contributed by atoms with van der Waals surface area (Å²) in [6, 6.07) is 9.25. The van der Waals surface area contributed by atoms with Crippen molar-refractivity contribution in [1.29, 1.82) is 0 Å². The SMILES string of the molecule is Cc1nc(N2CCN(C(=O)c3ccc4nccnc4c3)CC2)cc(-n2cccn2)n1. The monoisotopic (exact) mass is 400 g/mol. The third kappa shape index (κ3) is 3.45. The minimum absolute atomic E-state index is 0.0123. The van der Waals surface area contributed by atoms with Crippen LogP contribution in [0.3, 0.4) is 0 Å². The molecule has 0 saturated carbocycles. The molecule has 9 nitrogen and oxygen atoms in total. The number of nitrogens with zero attached hydrogens (tertiary/aromatic N) is 8.